The summed E-state index contributed by atoms with van der Waals surface area (Å²) in [5.41, 5.74) is 0. The molecule has 0 radical (unpaired) electrons. The van der Waals surface area contributed by atoms with E-state index in [4.69, 9.17) is 0 Å². The van der Waals surface area contributed by atoms with Crippen LogP contribution in [0.5, 0.6) is 0 Å². The lowest BCUT2D eigenvalue weighted by molar-refractivity contribution is 0.0989. The maximum absolute atomic E-state index is 3.60. The summed E-state index contributed by atoms with van der Waals surface area (Å²) in [5.74, 6) is 0. The zero-order valence-electron chi connectivity index (χ0n) is 12.3. The lowest BCUT2D eigenvalue weighted by Gasteiger charge is -2.40. The van der Waals surface area contributed by atoms with Crippen LogP contribution in [0.4, 0.5) is 0 Å². The lowest BCUT2D eigenvalue weighted by atomic mass is 10.0. The van der Waals surface area contributed by atoms with Crippen molar-refractivity contribution in [1.29, 1.82) is 0 Å². The van der Waals surface area contributed by atoms with Gasteiger partial charge in [0.15, 0.2) is 0 Å². The average Bonchev–Trinajstić information content (AvgIpc) is 2.36. The van der Waals surface area contributed by atoms with Crippen molar-refractivity contribution in [3.63, 3.8) is 0 Å². The standard InChI is InChI=1S/C15H31N3/c1-3-9-17-11-6-15(7-12-17)18-10-4-8-16-14(2)5-13-18/h14-16H,3-13H2,1-2H3. The van der Waals surface area contributed by atoms with Crippen LogP contribution < -0.4 is 5.32 Å². The molecule has 2 aliphatic rings. The summed E-state index contributed by atoms with van der Waals surface area (Å²) in [6.07, 6.45) is 6.72. The summed E-state index contributed by atoms with van der Waals surface area (Å²) in [6.45, 7) is 12.4. The predicted octanol–water partition coefficient (Wildman–Crippen LogP) is 1.93. The van der Waals surface area contributed by atoms with Gasteiger partial charge in [-0.15, -0.1) is 0 Å². The van der Waals surface area contributed by atoms with Gasteiger partial charge in [-0.1, -0.05) is 6.92 Å². The molecule has 2 heterocycles. The van der Waals surface area contributed by atoms with Crippen molar-refractivity contribution in [2.24, 2.45) is 0 Å². The Labute approximate surface area is 113 Å². The van der Waals surface area contributed by atoms with Crippen LogP contribution in [0, 0.1) is 0 Å². The summed E-state index contributed by atoms with van der Waals surface area (Å²) in [7, 11) is 0. The highest BCUT2D eigenvalue weighted by atomic mass is 15.2. The van der Waals surface area contributed by atoms with E-state index >= 15 is 0 Å². The van der Waals surface area contributed by atoms with Crippen LogP contribution in [0.25, 0.3) is 0 Å². The van der Waals surface area contributed by atoms with Gasteiger partial charge in [0.25, 0.3) is 0 Å². The molecule has 2 aliphatic heterocycles. The fourth-order valence-electron chi connectivity index (χ4n) is 3.39. The van der Waals surface area contributed by atoms with Gasteiger partial charge in [-0.25, -0.2) is 0 Å². The largest absolute Gasteiger partial charge is 0.314 e. The number of piperidine rings is 1. The highest BCUT2D eigenvalue weighted by molar-refractivity contribution is 4.81. The first-order valence-corrected chi connectivity index (χ1v) is 7.99. The summed E-state index contributed by atoms with van der Waals surface area (Å²) in [4.78, 5) is 5.42. The molecule has 0 aliphatic carbocycles. The van der Waals surface area contributed by atoms with Crippen molar-refractivity contribution in [3.05, 3.63) is 0 Å². The van der Waals surface area contributed by atoms with Crippen LogP contribution in [-0.4, -0.2) is 61.2 Å². The predicted molar refractivity (Wildman–Crippen MR) is 78.0 cm³/mol. The molecule has 0 saturated carbocycles. The lowest BCUT2D eigenvalue weighted by Crippen LogP contribution is -2.48. The van der Waals surface area contributed by atoms with Crippen molar-refractivity contribution >= 4 is 0 Å². The quantitative estimate of drug-likeness (QED) is 0.829. The fourth-order valence-corrected chi connectivity index (χ4v) is 3.39. The smallest absolute Gasteiger partial charge is 0.0120 e. The Morgan fingerprint density at radius 2 is 1.83 bits per heavy atom. The number of rotatable bonds is 3. The summed E-state index contributed by atoms with van der Waals surface area (Å²) in [5, 5.41) is 3.60. The highest BCUT2D eigenvalue weighted by Gasteiger charge is 2.24. The van der Waals surface area contributed by atoms with Crippen LogP contribution in [0.1, 0.15) is 46.0 Å². The van der Waals surface area contributed by atoms with E-state index in [2.05, 4.69) is 29.0 Å². The van der Waals surface area contributed by atoms with E-state index in [-0.39, 0.29) is 0 Å². The van der Waals surface area contributed by atoms with Gasteiger partial charge in [0.1, 0.15) is 0 Å². The van der Waals surface area contributed by atoms with E-state index in [1.807, 2.05) is 0 Å². The summed E-state index contributed by atoms with van der Waals surface area (Å²) in [6, 6.07) is 1.57. The molecule has 0 bridgehead atoms. The van der Waals surface area contributed by atoms with Crippen LogP contribution in [0.3, 0.4) is 0 Å². The summed E-state index contributed by atoms with van der Waals surface area (Å²) < 4.78 is 0. The van der Waals surface area contributed by atoms with Crippen LogP contribution in [0.15, 0.2) is 0 Å². The van der Waals surface area contributed by atoms with E-state index < -0.39 is 0 Å². The number of hydrogen-bond acceptors (Lipinski definition) is 3. The molecule has 3 heteroatoms. The van der Waals surface area contributed by atoms with E-state index in [0.29, 0.717) is 6.04 Å². The van der Waals surface area contributed by atoms with Gasteiger partial charge < -0.3 is 15.1 Å². The van der Waals surface area contributed by atoms with Gasteiger partial charge in [0.05, 0.1) is 0 Å². The van der Waals surface area contributed by atoms with Crippen molar-refractivity contribution in [1.82, 2.24) is 15.1 Å². The monoisotopic (exact) mass is 253 g/mol. The minimum absolute atomic E-state index is 0.702. The van der Waals surface area contributed by atoms with E-state index in [1.54, 1.807) is 0 Å². The SMILES string of the molecule is CCCN1CCC(N2CCCNC(C)CC2)CC1. The van der Waals surface area contributed by atoms with Gasteiger partial charge >= 0.3 is 0 Å². The Morgan fingerprint density at radius 3 is 2.56 bits per heavy atom. The van der Waals surface area contributed by atoms with Crippen LogP contribution in [0.2, 0.25) is 0 Å². The highest BCUT2D eigenvalue weighted by Crippen LogP contribution is 2.18. The molecule has 2 fully saturated rings. The van der Waals surface area contributed by atoms with Crippen molar-refractivity contribution in [3.8, 4) is 0 Å². The molecule has 18 heavy (non-hydrogen) atoms. The second-order valence-electron chi connectivity index (χ2n) is 6.11. The van der Waals surface area contributed by atoms with Crippen molar-refractivity contribution in [2.45, 2.75) is 58.0 Å². The Bertz CT molecular complexity index is 224. The molecule has 0 aromatic heterocycles. The number of nitrogens with zero attached hydrogens (tertiary/aromatic N) is 2. The second kappa shape index (κ2) is 7.46. The van der Waals surface area contributed by atoms with Crippen molar-refractivity contribution < 1.29 is 0 Å². The zero-order chi connectivity index (χ0) is 12.8. The Kier molecular flexibility index (Phi) is 5.93. The third-order valence-corrected chi connectivity index (χ3v) is 4.58. The molecule has 2 saturated heterocycles. The molecule has 106 valence electrons. The Balaban J connectivity index is 1.76. The van der Waals surface area contributed by atoms with E-state index in [1.165, 1.54) is 71.4 Å². The zero-order valence-corrected chi connectivity index (χ0v) is 12.3. The average molecular weight is 253 g/mol. The molecule has 1 N–H and O–H groups in total. The topological polar surface area (TPSA) is 18.5 Å². The van der Waals surface area contributed by atoms with Gasteiger partial charge in [0, 0.05) is 12.1 Å². The molecule has 0 amide bonds. The molecule has 2 rings (SSSR count). The van der Waals surface area contributed by atoms with Gasteiger partial charge in [0.2, 0.25) is 0 Å². The minimum atomic E-state index is 0.702. The fraction of sp³-hybridized carbons (Fsp3) is 1.00. The van der Waals surface area contributed by atoms with Gasteiger partial charge in [-0.2, -0.15) is 0 Å². The van der Waals surface area contributed by atoms with E-state index in [9.17, 15) is 0 Å². The summed E-state index contributed by atoms with van der Waals surface area (Å²) >= 11 is 0. The first-order chi connectivity index (χ1) is 8.79. The van der Waals surface area contributed by atoms with Crippen LogP contribution in [-0.2, 0) is 0 Å². The molecule has 0 aromatic rings. The van der Waals surface area contributed by atoms with Gasteiger partial charge in [-0.3, -0.25) is 0 Å². The molecular weight excluding hydrogens is 222 g/mol. The number of likely N-dealkylation sites (tertiary alicyclic amines) is 1. The molecule has 0 aromatic carbocycles. The Hall–Kier alpha value is -0.120. The van der Waals surface area contributed by atoms with Crippen LogP contribution >= 0.6 is 0 Å². The number of hydrogen-bond donors (Lipinski definition) is 1. The van der Waals surface area contributed by atoms with Gasteiger partial charge in [-0.05, 0) is 78.3 Å². The second-order valence-corrected chi connectivity index (χ2v) is 6.11. The van der Waals surface area contributed by atoms with E-state index in [0.717, 1.165) is 6.04 Å². The Morgan fingerprint density at radius 1 is 1.06 bits per heavy atom. The molecule has 1 unspecified atom stereocenters. The molecular formula is C15H31N3. The normalized spacial score (nSPS) is 30.0. The third kappa shape index (κ3) is 4.22. The minimum Gasteiger partial charge on any atom is -0.314 e. The third-order valence-electron chi connectivity index (χ3n) is 4.58. The maximum atomic E-state index is 3.60. The first-order valence-electron chi connectivity index (χ1n) is 7.99. The first kappa shape index (κ1) is 14.3. The number of nitrogens with one attached hydrogen (secondary N) is 1. The van der Waals surface area contributed by atoms with Crippen molar-refractivity contribution in [2.75, 3.05) is 39.3 Å². The molecule has 0 spiro atoms. The molecule has 3 nitrogen and oxygen atoms in total. The molecule has 1 atom stereocenters. The maximum Gasteiger partial charge on any atom is 0.0120 e.